The Morgan fingerprint density at radius 3 is 2.80 bits per heavy atom. The van der Waals surface area contributed by atoms with Crippen LogP contribution in [0.2, 0.25) is 0 Å². The van der Waals surface area contributed by atoms with E-state index in [0.717, 1.165) is 36.9 Å². The molecule has 1 saturated carbocycles. The molecule has 20 heavy (non-hydrogen) atoms. The Hall–Kier alpha value is -1.09. The molecule has 112 valence electrons. The summed E-state index contributed by atoms with van der Waals surface area (Å²) in [6.07, 6.45) is 9.81. The lowest BCUT2D eigenvalue weighted by atomic mass is 9.85. The highest BCUT2D eigenvalue weighted by atomic mass is 16.5. The number of aromatic nitrogens is 1. The quantitative estimate of drug-likeness (QED) is 0.766. The van der Waals surface area contributed by atoms with Gasteiger partial charge in [0.05, 0.1) is 11.9 Å². The van der Waals surface area contributed by atoms with Crippen molar-refractivity contribution in [1.29, 1.82) is 0 Å². The Bertz CT molecular complexity index is 377. The second kappa shape index (κ2) is 8.25. The molecule has 3 heteroatoms. The first-order chi connectivity index (χ1) is 9.83. The lowest BCUT2D eigenvalue weighted by Crippen LogP contribution is -2.29. The molecule has 2 rings (SSSR count). The normalized spacial score (nSPS) is 22.7. The van der Waals surface area contributed by atoms with Gasteiger partial charge in [-0.3, -0.25) is 4.98 Å². The van der Waals surface area contributed by atoms with Gasteiger partial charge in [-0.25, -0.2) is 0 Å². The molecule has 1 fully saturated rings. The fourth-order valence-corrected chi connectivity index (χ4v) is 2.95. The van der Waals surface area contributed by atoms with Crippen molar-refractivity contribution in [3.05, 3.63) is 24.0 Å². The van der Waals surface area contributed by atoms with Crippen molar-refractivity contribution >= 4 is 0 Å². The van der Waals surface area contributed by atoms with E-state index < -0.39 is 0 Å². The largest absolute Gasteiger partial charge is 0.489 e. The van der Waals surface area contributed by atoms with Gasteiger partial charge in [0, 0.05) is 6.54 Å². The Kier molecular flexibility index (Phi) is 6.31. The minimum Gasteiger partial charge on any atom is -0.489 e. The summed E-state index contributed by atoms with van der Waals surface area (Å²) in [7, 11) is 0. The van der Waals surface area contributed by atoms with E-state index in [2.05, 4.69) is 36.3 Å². The standard InChI is InChI=1S/C17H28N2O/c1-3-11-18-12-15-9-10-16(13-19-15)20-17-8-6-5-7-14(17)4-2/h9-10,13-14,17-18H,3-8,11-12H2,1-2H3. The summed E-state index contributed by atoms with van der Waals surface area (Å²) < 4.78 is 6.16. The molecular weight excluding hydrogens is 248 g/mol. The lowest BCUT2D eigenvalue weighted by Gasteiger charge is -2.31. The number of ether oxygens (including phenoxy) is 1. The number of rotatable bonds is 7. The molecule has 1 heterocycles. The first-order valence-corrected chi connectivity index (χ1v) is 8.15. The van der Waals surface area contributed by atoms with Crippen LogP contribution >= 0.6 is 0 Å². The lowest BCUT2D eigenvalue weighted by molar-refractivity contribution is 0.0900. The number of pyridine rings is 1. The molecule has 0 radical (unpaired) electrons. The Balaban J connectivity index is 1.86. The van der Waals surface area contributed by atoms with Crippen LogP contribution in [0, 0.1) is 5.92 Å². The molecule has 2 atom stereocenters. The van der Waals surface area contributed by atoms with Crippen LogP contribution in [0.25, 0.3) is 0 Å². The van der Waals surface area contributed by atoms with Gasteiger partial charge in [0.1, 0.15) is 11.9 Å². The molecule has 0 bridgehead atoms. The van der Waals surface area contributed by atoms with E-state index in [1.807, 2.05) is 6.20 Å². The number of nitrogens with one attached hydrogen (secondary N) is 1. The predicted molar refractivity (Wildman–Crippen MR) is 82.9 cm³/mol. The van der Waals surface area contributed by atoms with E-state index in [9.17, 15) is 0 Å². The summed E-state index contributed by atoms with van der Waals surface area (Å²) in [5.41, 5.74) is 1.08. The van der Waals surface area contributed by atoms with Crippen molar-refractivity contribution in [3.8, 4) is 5.75 Å². The average molecular weight is 276 g/mol. The second-order valence-electron chi connectivity index (χ2n) is 5.77. The van der Waals surface area contributed by atoms with Crippen LogP contribution < -0.4 is 10.1 Å². The molecule has 1 aliphatic carbocycles. The van der Waals surface area contributed by atoms with Crippen molar-refractivity contribution in [2.24, 2.45) is 5.92 Å². The smallest absolute Gasteiger partial charge is 0.138 e. The van der Waals surface area contributed by atoms with E-state index >= 15 is 0 Å². The van der Waals surface area contributed by atoms with Crippen LogP contribution in [0.15, 0.2) is 18.3 Å². The third-order valence-corrected chi connectivity index (χ3v) is 4.18. The molecule has 2 unspecified atom stereocenters. The monoisotopic (exact) mass is 276 g/mol. The zero-order chi connectivity index (χ0) is 14.2. The van der Waals surface area contributed by atoms with Crippen LogP contribution in [0.5, 0.6) is 5.75 Å². The summed E-state index contributed by atoms with van der Waals surface area (Å²) in [6.45, 7) is 6.33. The predicted octanol–water partition coefficient (Wildman–Crippen LogP) is 3.93. The third-order valence-electron chi connectivity index (χ3n) is 4.18. The first kappa shape index (κ1) is 15.3. The molecule has 1 aromatic heterocycles. The molecule has 0 aromatic carbocycles. The van der Waals surface area contributed by atoms with Gasteiger partial charge in [-0.15, -0.1) is 0 Å². The van der Waals surface area contributed by atoms with Crippen LogP contribution in [-0.2, 0) is 6.54 Å². The molecule has 0 spiro atoms. The van der Waals surface area contributed by atoms with Crippen molar-refractivity contribution in [1.82, 2.24) is 10.3 Å². The average Bonchev–Trinajstić information content (AvgIpc) is 2.50. The van der Waals surface area contributed by atoms with E-state index in [1.165, 1.54) is 32.1 Å². The van der Waals surface area contributed by atoms with Gasteiger partial charge in [0.25, 0.3) is 0 Å². The number of nitrogens with zero attached hydrogens (tertiary/aromatic N) is 1. The highest BCUT2D eigenvalue weighted by Crippen LogP contribution is 2.30. The zero-order valence-corrected chi connectivity index (χ0v) is 12.9. The van der Waals surface area contributed by atoms with Gasteiger partial charge in [0.15, 0.2) is 0 Å². The van der Waals surface area contributed by atoms with E-state index in [-0.39, 0.29) is 0 Å². The molecule has 1 aliphatic rings. The second-order valence-corrected chi connectivity index (χ2v) is 5.77. The SMILES string of the molecule is CCCNCc1ccc(OC2CCCCC2CC)cn1. The van der Waals surface area contributed by atoms with Crippen molar-refractivity contribution < 1.29 is 4.74 Å². The summed E-state index contributed by atoms with van der Waals surface area (Å²) in [4.78, 5) is 4.48. The fourth-order valence-electron chi connectivity index (χ4n) is 2.95. The zero-order valence-electron chi connectivity index (χ0n) is 12.9. The Morgan fingerprint density at radius 2 is 2.10 bits per heavy atom. The van der Waals surface area contributed by atoms with E-state index in [1.54, 1.807) is 0 Å². The van der Waals surface area contributed by atoms with Gasteiger partial charge in [-0.1, -0.05) is 20.3 Å². The van der Waals surface area contributed by atoms with Gasteiger partial charge in [0.2, 0.25) is 0 Å². The van der Waals surface area contributed by atoms with Crippen LogP contribution in [0.1, 0.15) is 58.1 Å². The third kappa shape index (κ3) is 4.48. The summed E-state index contributed by atoms with van der Waals surface area (Å²) in [6, 6.07) is 4.14. The first-order valence-electron chi connectivity index (χ1n) is 8.15. The van der Waals surface area contributed by atoms with Crippen molar-refractivity contribution in [2.45, 2.75) is 65.0 Å². The number of hydrogen-bond acceptors (Lipinski definition) is 3. The molecule has 1 aromatic rings. The molecular formula is C17H28N2O. The van der Waals surface area contributed by atoms with Crippen LogP contribution in [0.3, 0.4) is 0 Å². The van der Waals surface area contributed by atoms with Crippen LogP contribution in [-0.4, -0.2) is 17.6 Å². The highest BCUT2D eigenvalue weighted by molar-refractivity contribution is 5.20. The van der Waals surface area contributed by atoms with Crippen LogP contribution in [0.4, 0.5) is 0 Å². The Labute approximate surface area is 123 Å². The van der Waals surface area contributed by atoms with E-state index in [0.29, 0.717) is 6.10 Å². The topological polar surface area (TPSA) is 34.1 Å². The highest BCUT2D eigenvalue weighted by Gasteiger charge is 2.25. The Morgan fingerprint density at radius 1 is 1.25 bits per heavy atom. The molecule has 3 nitrogen and oxygen atoms in total. The maximum atomic E-state index is 6.16. The maximum absolute atomic E-state index is 6.16. The number of hydrogen-bond donors (Lipinski definition) is 1. The summed E-state index contributed by atoms with van der Waals surface area (Å²) in [5.74, 6) is 1.64. The van der Waals surface area contributed by atoms with Gasteiger partial charge < -0.3 is 10.1 Å². The summed E-state index contributed by atoms with van der Waals surface area (Å²) >= 11 is 0. The molecule has 0 aliphatic heterocycles. The van der Waals surface area contributed by atoms with Gasteiger partial charge >= 0.3 is 0 Å². The fraction of sp³-hybridized carbons (Fsp3) is 0.706. The molecule has 0 amide bonds. The van der Waals surface area contributed by atoms with Crippen molar-refractivity contribution in [2.75, 3.05) is 6.54 Å². The minimum absolute atomic E-state index is 0.389. The van der Waals surface area contributed by atoms with Crippen molar-refractivity contribution in [3.63, 3.8) is 0 Å². The van der Waals surface area contributed by atoms with E-state index in [4.69, 9.17) is 4.74 Å². The molecule has 1 N–H and O–H groups in total. The van der Waals surface area contributed by atoms with Gasteiger partial charge in [-0.2, -0.15) is 0 Å². The van der Waals surface area contributed by atoms with Gasteiger partial charge in [-0.05, 0) is 56.7 Å². The molecule has 0 saturated heterocycles. The summed E-state index contributed by atoms with van der Waals surface area (Å²) in [5, 5.41) is 3.37. The maximum Gasteiger partial charge on any atom is 0.138 e. The minimum atomic E-state index is 0.389.